The highest BCUT2D eigenvalue weighted by Gasteiger charge is 2.30. The number of aryl methyl sites for hydroxylation is 1. The smallest absolute Gasteiger partial charge is 0.303 e. The number of carbonyl (C=O) groups is 1. The van der Waals surface area contributed by atoms with Crippen LogP contribution in [0.1, 0.15) is 30.6 Å². The van der Waals surface area contributed by atoms with Gasteiger partial charge in [-0.15, -0.1) is 11.8 Å². The second-order valence-electron chi connectivity index (χ2n) is 6.27. The fraction of sp³-hybridized carbons (Fsp3) is 0.381. The van der Waals surface area contributed by atoms with Crippen LogP contribution in [0.2, 0.25) is 0 Å². The van der Waals surface area contributed by atoms with Crippen LogP contribution in [0, 0.1) is 0 Å². The molecule has 0 aliphatic heterocycles. The van der Waals surface area contributed by atoms with Crippen molar-refractivity contribution in [1.29, 1.82) is 0 Å². The van der Waals surface area contributed by atoms with Gasteiger partial charge in [0.25, 0.3) is 0 Å². The fourth-order valence-corrected chi connectivity index (χ4v) is 4.07. The molecular weight excluding hydrogens is 364 g/mol. The molecule has 0 fully saturated rings. The molecule has 0 amide bonds. The lowest BCUT2D eigenvalue weighted by Gasteiger charge is -2.21. The topological polar surface area (TPSA) is 54.0 Å². The molecule has 0 heterocycles. The van der Waals surface area contributed by atoms with Crippen LogP contribution in [0.15, 0.2) is 29.2 Å². The lowest BCUT2D eigenvalue weighted by atomic mass is 9.94. The van der Waals surface area contributed by atoms with Crippen LogP contribution in [0.25, 0.3) is 11.1 Å². The van der Waals surface area contributed by atoms with Crippen molar-refractivity contribution < 1.29 is 23.7 Å². The molecule has 0 aromatic heterocycles. The number of rotatable bonds is 5. The van der Waals surface area contributed by atoms with Crippen LogP contribution in [-0.4, -0.2) is 33.6 Å². The third-order valence-corrected chi connectivity index (χ3v) is 5.50. The summed E-state index contributed by atoms with van der Waals surface area (Å²) in [6.07, 6.45) is 3.14. The van der Waals surface area contributed by atoms with E-state index >= 15 is 0 Å². The zero-order valence-electron chi connectivity index (χ0n) is 16.3. The number of hydrogen-bond donors (Lipinski definition) is 0. The van der Waals surface area contributed by atoms with E-state index in [1.807, 2.05) is 12.3 Å². The van der Waals surface area contributed by atoms with Gasteiger partial charge in [-0.25, -0.2) is 0 Å². The predicted molar refractivity (Wildman–Crippen MR) is 106 cm³/mol. The molecule has 1 aliphatic carbocycles. The number of benzene rings is 2. The Kier molecular flexibility index (Phi) is 5.85. The molecule has 27 heavy (non-hydrogen) atoms. The average molecular weight is 388 g/mol. The number of fused-ring (bicyclic) bond motifs is 3. The van der Waals surface area contributed by atoms with E-state index in [4.69, 9.17) is 18.9 Å². The molecule has 2 aromatic carbocycles. The van der Waals surface area contributed by atoms with Crippen LogP contribution in [-0.2, 0) is 16.0 Å². The molecule has 3 rings (SSSR count). The minimum absolute atomic E-state index is 0.284. The molecule has 144 valence electrons. The summed E-state index contributed by atoms with van der Waals surface area (Å²) in [5.41, 5.74) is 4.02. The molecule has 0 radical (unpaired) electrons. The monoisotopic (exact) mass is 388 g/mol. The van der Waals surface area contributed by atoms with E-state index in [1.165, 1.54) is 6.92 Å². The summed E-state index contributed by atoms with van der Waals surface area (Å²) in [5, 5.41) is 0. The van der Waals surface area contributed by atoms with Crippen LogP contribution < -0.4 is 14.2 Å². The van der Waals surface area contributed by atoms with Crippen LogP contribution >= 0.6 is 11.8 Å². The standard InChI is InChI=1S/C21H24O5S/c1-12(22)26-17-9-6-13-10-18(23-2)20(24-3)21(25-4)19(13)15-8-7-14(27-5)11-16(15)17/h7-8,10-11,17H,6,9H2,1-5H3/t17-/m1/s1. The second-order valence-corrected chi connectivity index (χ2v) is 7.15. The minimum atomic E-state index is -0.307. The van der Waals surface area contributed by atoms with E-state index in [1.54, 1.807) is 33.1 Å². The van der Waals surface area contributed by atoms with Gasteiger partial charge in [-0.1, -0.05) is 6.07 Å². The highest BCUT2D eigenvalue weighted by Crippen LogP contribution is 2.51. The average Bonchev–Trinajstić information content (AvgIpc) is 2.82. The summed E-state index contributed by atoms with van der Waals surface area (Å²) in [4.78, 5) is 12.8. The first-order valence-corrected chi connectivity index (χ1v) is 9.93. The molecule has 2 aromatic rings. The van der Waals surface area contributed by atoms with Gasteiger partial charge in [-0.2, -0.15) is 0 Å². The lowest BCUT2D eigenvalue weighted by Crippen LogP contribution is -2.09. The molecule has 6 heteroatoms. The number of thioether (sulfide) groups is 1. The zero-order chi connectivity index (χ0) is 19.6. The van der Waals surface area contributed by atoms with Gasteiger partial charge in [-0.3, -0.25) is 4.79 Å². The SMILES string of the molecule is COc1cc2c(c(OC)c1OC)-c1ccc(SC)cc1[C@H](OC(C)=O)CC2. The van der Waals surface area contributed by atoms with E-state index in [2.05, 4.69) is 18.2 Å². The van der Waals surface area contributed by atoms with Gasteiger partial charge in [0.2, 0.25) is 5.75 Å². The highest BCUT2D eigenvalue weighted by molar-refractivity contribution is 7.98. The largest absolute Gasteiger partial charge is 0.493 e. The summed E-state index contributed by atoms with van der Waals surface area (Å²) < 4.78 is 22.5. The van der Waals surface area contributed by atoms with Crippen molar-refractivity contribution in [2.75, 3.05) is 27.6 Å². The maximum Gasteiger partial charge on any atom is 0.303 e. The molecule has 0 N–H and O–H groups in total. The number of ether oxygens (including phenoxy) is 4. The Hall–Kier alpha value is -2.34. The van der Waals surface area contributed by atoms with Crippen molar-refractivity contribution in [3.05, 3.63) is 35.4 Å². The maximum absolute atomic E-state index is 11.7. The Morgan fingerprint density at radius 2 is 1.81 bits per heavy atom. The van der Waals surface area contributed by atoms with Gasteiger partial charge >= 0.3 is 5.97 Å². The van der Waals surface area contributed by atoms with Crippen LogP contribution in [0.5, 0.6) is 17.2 Å². The first-order valence-electron chi connectivity index (χ1n) is 8.71. The molecular formula is C21H24O5S. The molecule has 0 saturated heterocycles. The lowest BCUT2D eigenvalue weighted by molar-refractivity contribution is -0.147. The summed E-state index contributed by atoms with van der Waals surface area (Å²) in [7, 11) is 4.84. The molecule has 0 bridgehead atoms. The molecule has 0 spiro atoms. The summed E-state index contributed by atoms with van der Waals surface area (Å²) in [5.74, 6) is 1.54. The minimum Gasteiger partial charge on any atom is -0.493 e. The third-order valence-electron chi connectivity index (χ3n) is 4.77. The van der Waals surface area contributed by atoms with E-state index < -0.39 is 0 Å². The zero-order valence-corrected chi connectivity index (χ0v) is 17.1. The first-order chi connectivity index (χ1) is 13.0. The van der Waals surface area contributed by atoms with Crippen molar-refractivity contribution in [3.8, 4) is 28.4 Å². The van der Waals surface area contributed by atoms with Gasteiger partial charge in [0, 0.05) is 22.9 Å². The van der Waals surface area contributed by atoms with Crippen molar-refractivity contribution in [2.24, 2.45) is 0 Å². The van der Waals surface area contributed by atoms with Crippen molar-refractivity contribution in [3.63, 3.8) is 0 Å². The Morgan fingerprint density at radius 3 is 2.41 bits per heavy atom. The van der Waals surface area contributed by atoms with E-state index in [-0.39, 0.29) is 12.1 Å². The van der Waals surface area contributed by atoms with Gasteiger partial charge in [-0.05, 0) is 48.4 Å². The number of esters is 1. The number of methoxy groups -OCH3 is 3. The van der Waals surface area contributed by atoms with Gasteiger partial charge < -0.3 is 18.9 Å². The van der Waals surface area contributed by atoms with E-state index in [0.29, 0.717) is 23.7 Å². The molecule has 5 nitrogen and oxygen atoms in total. The van der Waals surface area contributed by atoms with Gasteiger partial charge in [0.15, 0.2) is 11.5 Å². The Labute approximate surface area is 164 Å². The molecule has 0 saturated carbocycles. The molecule has 1 atom stereocenters. The van der Waals surface area contributed by atoms with E-state index in [0.717, 1.165) is 33.6 Å². The first kappa shape index (κ1) is 19.4. The normalized spacial score (nSPS) is 15.2. The Morgan fingerprint density at radius 1 is 1.07 bits per heavy atom. The van der Waals surface area contributed by atoms with Crippen LogP contribution in [0.3, 0.4) is 0 Å². The Bertz CT molecular complexity index is 862. The number of carbonyl (C=O) groups excluding carboxylic acids is 1. The fourth-order valence-electron chi connectivity index (χ4n) is 3.63. The van der Waals surface area contributed by atoms with Crippen molar-refractivity contribution in [2.45, 2.75) is 30.8 Å². The Balaban J connectivity index is 2.30. The summed E-state index contributed by atoms with van der Waals surface area (Å²) in [6.45, 7) is 1.45. The van der Waals surface area contributed by atoms with Crippen molar-refractivity contribution in [1.82, 2.24) is 0 Å². The van der Waals surface area contributed by atoms with Crippen molar-refractivity contribution >= 4 is 17.7 Å². The summed E-state index contributed by atoms with van der Waals surface area (Å²) in [6, 6.07) is 8.22. The molecule has 1 aliphatic rings. The summed E-state index contributed by atoms with van der Waals surface area (Å²) >= 11 is 1.66. The maximum atomic E-state index is 11.7. The third kappa shape index (κ3) is 3.58. The predicted octanol–water partition coefficient (Wildman–Crippen LogP) is 4.65. The molecule has 0 unspecified atom stereocenters. The quantitative estimate of drug-likeness (QED) is 0.549. The highest BCUT2D eigenvalue weighted by atomic mass is 32.2. The van der Waals surface area contributed by atoms with E-state index in [9.17, 15) is 4.79 Å². The van der Waals surface area contributed by atoms with Gasteiger partial charge in [0.05, 0.1) is 21.3 Å². The van der Waals surface area contributed by atoms with Gasteiger partial charge in [0.1, 0.15) is 6.10 Å². The second kappa shape index (κ2) is 8.13. The number of hydrogen-bond acceptors (Lipinski definition) is 6. The van der Waals surface area contributed by atoms with Crippen LogP contribution in [0.4, 0.5) is 0 Å².